The molecule has 0 aliphatic rings. The van der Waals surface area contributed by atoms with Crippen molar-refractivity contribution in [2.24, 2.45) is 0 Å². The molecule has 0 aliphatic carbocycles. The Bertz CT molecular complexity index is 1110. The van der Waals surface area contributed by atoms with Crippen molar-refractivity contribution in [1.82, 2.24) is 4.98 Å². The number of nitrogens with zero attached hydrogens (tertiary/aromatic N) is 1. The van der Waals surface area contributed by atoms with Crippen LogP contribution in [-0.2, 0) is 11.2 Å². The molecule has 1 heterocycles. The number of nitrogens with one attached hydrogen (secondary N) is 1. The molecule has 2 N–H and O–H groups in total. The molecule has 0 fully saturated rings. The predicted octanol–water partition coefficient (Wildman–Crippen LogP) is 5.97. The molecule has 0 unspecified atom stereocenters. The number of hydrogen-bond acceptors (Lipinski definition) is 5. The molecule has 2 aromatic carbocycles. The number of aromatic carboxylic acids is 1. The van der Waals surface area contributed by atoms with Gasteiger partial charge in [-0.3, -0.25) is 4.79 Å². The van der Waals surface area contributed by atoms with Crippen LogP contribution in [-0.4, -0.2) is 28.1 Å². The molecule has 0 saturated carbocycles. The Labute approximate surface area is 197 Å². The normalized spacial score (nSPS) is 10.7. The van der Waals surface area contributed by atoms with Gasteiger partial charge in [0.15, 0.2) is 0 Å². The Kier molecular flexibility index (Phi) is 8.27. The van der Waals surface area contributed by atoms with Gasteiger partial charge in [-0.15, -0.1) is 0 Å². The summed E-state index contributed by atoms with van der Waals surface area (Å²) in [5, 5.41) is 12.3. The third kappa shape index (κ3) is 6.70. The van der Waals surface area contributed by atoms with Crippen LogP contribution in [0, 0.1) is 0 Å². The summed E-state index contributed by atoms with van der Waals surface area (Å²) in [5.74, 6) is 0.0140. The van der Waals surface area contributed by atoms with Crippen LogP contribution in [0.1, 0.15) is 42.6 Å². The molecule has 0 atom stereocenters. The van der Waals surface area contributed by atoms with Crippen LogP contribution >= 0.6 is 11.6 Å². The number of hydrogen-bond donors (Lipinski definition) is 2. The number of ether oxygens (including phenoxy) is 2. The molecule has 1 aromatic heterocycles. The minimum absolute atomic E-state index is 0.0303. The Morgan fingerprint density at radius 2 is 1.85 bits per heavy atom. The first-order valence-corrected chi connectivity index (χ1v) is 11.0. The third-order valence-electron chi connectivity index (χ3n) is 4.92. The van der Waals surface area contributed by atoms with Gasteiger partial charge in [0.25, 0.3) is 0 Å². The van der Waals surface area contributed by atoms with E-state index in [1.807, 2.05) is 0 Å². The lowest BCUT2D eigenvalue weighted by Crippen LogP contribution is -2.16. The van der Waals surface area contributed by atoms with Gasteiger partial charge in [0.1, 0.15) is 11.5 Å². The van der Waals surface area contributed by atoms with E-state index in [9.17, 15) is 14.7 Å². The second-order valence-corrected chi connectivity index (χ2v) is 7.74. The maximum absolute atomic E-state index is 12.3. The van der Waals surface area contributed by atoms with Crippen molar-refractivity contribution in [3.05, 3.63) is 76.9 Å². The highest BCUT2D eigenvalue weighted by Crippen LogP contribution is 2.32. The quantitative estimate of drug-likeness (QED) is 0.380. The minimum Gasteiger partial charge on any atom is -0.489 e. The summed E-state index contributed by atoms with van der Waals surface area (Å²) < 4.78 is 11.6. The second kappa shape index (κ2) is 11.3. The van der Waals surface area contributed by atoms with Crippen LogP contribution in [0.25, 0.3) is 0 Å². The van der Waals surface area contributed by atoms with Gasteiger partial charge in [-0.2, -0.15) is 0 Å². The van der Waals surface area contributed by atoms with Crippen molar-refractivity contribution in [3.63, 3.8) is 0 Å². The average Bonchev–Trinajstić information content (AvgIpc) is 2.80. The maximum atomic E-state index is 12.3. The van der Waals surface area contributed by atoms with Crippen molar-refractivity contribution in [2.75, 3.05) is 5.32 Å². The van der Waals surface area contributed by atoms with Crippen LogP contribution < -0.4 is 14.8 Å². The number of carboxylic acid groups (broad SMARTS) is 1. The van der Waals surface area contributed by atoms with E-state index in [1.54, 1.807) is 48.5 Å². The summed E-state index contributed by atoms with van der Waals surface area (Å²) in [7, 11) is 0. The zero-order valence-electron chi connectivity index (χ0n) is 18.4. The molecule has 3 aromatic rings. The van der Waals surface area contributed by atoms with Crippen molar-refractivity contribution in [2.45, 2.75) is 39.2 Å². The lowest BCUT2D eigenvalue weighted by molar-refractivity contribution is -0.115. The van der Waals surface area contributed by atoms with E-state index in [1.165, 1.54) is 12.3 Å². The van der Waals surface area contributed by atoms with Crippen molar-refractivity contribution >= 4 is 29.2 Å². The van der Waals surface area contributed by atoms with Gasteiger partial charge in [-0.25, -0.2) is 9.78 Å². The maximum Gasteiger partial charge on any atom is 0.337 e. The number of pyridine rings is 1. The van der Waals surface area contributed by atoms with Crippen LogP contribution in [0.2, 0.25) is 5.02 Å². The molecule has 0 radical (unpaired) electrons. The molecule has 0 bridgehead atoms. The second-order valence-electron chi connectivity index (χ2n) is 7.33. The molecule has 33 heavy (non-hydrogen) atoms. The van der Waals surface area contributed by atoms with E-state index in [-0.39, 0.29) is 29.7 Å². The van der Waals surface area contributed by atoms with Gasteiger partial charge in [-0.05, 0) is 42.7 Å². The SMILES string of the molecule is CCC(CC)Oc1ccc(Oc2ccc(CC(=O)Nc3ccccc3C(=O)O)cn2)cc1Cl. The highest BCUT2D eigenvalue weighted by Gasteiger charge is 2.13. The number of carbonyl (C=O) groups is 2. The molecule has 3 rings (SSSR count). The summed E-state index contributed by atoms with van der Waals surface area (Å²) >= 11 is 6.33. The fourth-order valence-electron chi connectivity index (χ4n) is 3.13. The zero-order chi connectivity index (χ0) is 23.8. The number of carboxylic acids is 1. The number of aromatic nitrogens is 1. The van der Waals surface area contributed by atoms with Crippen molar-refractivity contribution in [1.29, 1.82) is 0 Å². The Morgan fingerprint density at radius 1 is 1.09 bits per heavy atom. The summed E-state index contributed by atoms with van der Waals surface area (Å²) in [5.41, 5.74) is 0.929. The first kappa shape index (κ1) is 24.1. The lowest BCUT2D eigenvalue weighted by atomic mass is 10.1. The molecule has 0 saturated heterocycles. The van der Waals surface area contributed by atoms with Gasteiger partial charge in [0, 0.05) is 18.3 Å². The monoisotopic (exact) mass is 468 g/mol. The van der Waals surface area contributed by atoms with Gasteiger partial charge in [0.05, 0.1) is 28.8 Å². The highest BCUT2D eigenvalue weighted by atomic mass is 35.5. The summed E-state index contributed by atoms with van der Waals surface area (Å²) in [6, 6.07) is 14.8. The smallest absolute Gasteiger partial charge is 0.337 e. The number of amides is 1. The van der Waals surface area contributed by atoms with E-state index in [2.05, 4.69) is 24.1 Å². The van der Waals surface area contributed by atoms with Crippen LogP contribution in [0.15, 0.2) is 60.8 Å². The molecule has 8 heteroatoms. The van der Waals surface area contributed by atoms with Crippen molar-refractivity contribution < 1.29 is 24.2 Å². The zero-order valence-corrected chi connectivity index (χ0v) is 19.1. The van der Waals surface area contributed by atoms with E-state index in [0.717, 1.165) is 12.8 Å². The Balaban J connectivity index is 1.60. The number of benzene rings is 2. The number of halogens is 1. The fourth-order valence-corrected chi connectivity index (χ4v) is 3.35. The third-order valence-corrected chi connectivity index (χ3v) is 5.22. The largest absolute Gasteiger partial charge is 0.489 e. The van der Waals surface area contributed by atoms with Crippen LogP contribution in [0.4, 0.5) is 5.69 Å². The summed E-state index contributed by atoms with van der Waals surface area (Å²) in [6.45, 7) is 4.13. The predicted molar refractivity (Wildman–Crippen MR) is 126 cm³/mol. The van der Waals surface area contributed by atoms with Crippen LogP contribution in [0.5, 0.6) is 17.4 Å². The fraction of sp³-hybridized carbons (Fsp3) is 0.240. The van der Waals surface area contributed by atoms with Crippen molar-refractivity contribution in [3.8, 4) is 17.4 Å². The number of carbonyl (C=O) groups excluding carboxylic acids is 1. The highest BCUT2D eigenvalue weighted by molar-refractivity contribution is 6.32. The molecule has 172 valence electrons. The first-order valence-electron chi connectivity index (χ1n) is 10.6. The number of rotatable bonds is 10. The average molecular weight is 469 g/mol. The van der Waals surface area contributed by atoms with Gasteiger partial charge in [-0.1, -0.05) is 43.6 Å². The van der Waals surface area contributed by atoms with E-state index >= 15 is 0 Å². The van der Waals surface area contributed by atoms with E-state index in [4.69, 9.17) is 21.1 Å². The molecule has 7 nitrogen and oxygen atoms in total. The molecular weight excluding hydrogens is 444 g/mol. The molecular formula is C25H25ClN2O5. The number of para-hydroxylation sites is 1. The van der Waals surface area contributed by atoms with Gasteiger partial charge >= 0.3 is 5.97 Å². The molecule has 0 spiro atoms. The van der Waals surface area contributed by atoms with Gasteiger partial charge in [0.2, 0.25) is 11.8 Å². The Morgan fingerprint density at radius 3 is 2.48 bits per heavy atom. The Hall–Kier alpha value is -3.58. The van der Waals surface area contributed by atoms with E-state index < -0.39 is 5.97 Å². The summed E-state index contributed by atoms with van der Waals surface area (Å²) in [4.78, 5) is 27.8. The van der Waals surface area contributed by atoms with E-state index in [0.29, 0.717) is 28.0 Å². The molecule has 0 aliphatic heterocycles. The minimum atomic E-state index is -1.11. The summed E-state index contributed by atoms with van der Waals surface area (Å²) in [6.07, 6.45) is 3.47. The lowest BCUT2D eigenvalue weighted by Gasteiger charge is -2.17. The first-order chi connectivity index (χ1) is 15.9. The van der Waals surface area contributed by atoms with Gasteiger partial charge < -0.3 is 19.9 Å². The molecule has 1 amide bonds. The number of anilines is 1. The standard InChI is InChI=1S/C25H25ClN2O5/c1-3-17(4-2)32-22-11-10-18(14-20(22)26)33-24-12-9-16(15-27-24)13-23(29)28-21-8-6-5-7-19(21)25(30)31/h5-12,14-15,17H,3-4,13H2,1-2H3,(H,28,29)(H,30,31). The topological polar surface area (TPSA) is 97.8 Å². The van der Waals surface area contributed by atoms with Crippen LogP contribution in [0.3, 0.4) is 0 Å².